The molecule has 0 bridgehead atoms. The number of esters is 1. The molecule has 0 spiro atoms. The number of ether oxygens (including phenoxy) is 2. The molecule has 1 aromatic heterocycles. The van der Waals surface area contributed by atoms with E-state index in [0.717, 1.165) is 0 Å². The first-order valence-electron chi connectivity index (χ1n) is 6.39. The Morgan fingerprint density at radius 2 is 2.40 bits per heavy atom. The largest absolute Gasteiger partial charge is 0.468 e. The Morgan fingerprint density at radius 1 is 1.55 bits per heavy atom. The van der Waals surface area contributed by atoms with Crippen molar-refractivity contribution < 1.29 is 23.5 Å². The third-order valence-corrected chi connectivity index (χ3v) is 3.10. The zero-order chi connectivity index (χ0) is 14.4. The summed E-state index contributed by atoms with van der Waals surface area (Å²) in [6, 6.07) is 3.02. The molecule has 1 amide bonds. The lowest BCUT2D eigenvalue weighted by molar-refractivity contribution is -0.154. The highest BCUT2D eigenvalue weighted by Crippen LogP contribution is 2.08. The first-order valence-corrected chi connectivity index (χ1v) is 6.39. The van der Waals surface area contributed by atoms with E-state index < -0.39 is 6.04 Å². The molecule has 1 aliphatic heterocycles. The van der Waals surface area contributed by atoms with E-state index >= 15 is 0 Å². The van der Waals surface area contributed by atoms with E-state index in [-0.39, 0.29) is 25.0 Å². The second-order valence-corrected chi connectivity index (χ2v) is 4.44. The van der Waals surface area contributed by atoms with Crippen molar-refractivity contribution in [2.45, 2.75) is 12.6 Å². The van der Waals surface area contributed by atoms with E-state index in [9.17, 15) is 9.59 Å². The lowest BCUT2D eigenvalue weighted by Crippen LogP contribution is -2.53. The van der Waals surface area contributed by atoms with E-state index in [4.69, 9.17) is 13.9 Å². The number of carbonyl (C=O) groups excluding carboxylic acids is 2. The number of nitrogens with one attached hydrogen (secondary N) is 1. The van der Waals surface area contributed by atoms with Gasteiger partial charge in [0.2, 0.25) is 5.91 Å². The fourth-order valence-electron chi connectivity index (χ4n) is 2.02. The summed E-state index contributed by atoms with van der Waals surface area (Å²) in [4.78, 5) is 25.2. The van der Waals surface area contributed by atoms with Gasteiger partial charge in [-0.25, -0.2) is 0 Å². The Hall–Kier alpha value is -1.86. The molecule has 20 heavy (non-hydrogen) atoms. The molecule has 0 aliphatic carbocycles. The smallest absolute Gasteiger partial charge is 0.325 e. The third-order valence-electron chi connectivity index (χ3n) is 3.10. The molecule has 1 unspecified atom stereocenters. The number of nitrogens with zero attached hydrogens (tertiary/aromatic N) is 1. The van der Waals surface area contributed by atoms with Crippen LogP contribution >= 0.6 is 0 Å². The van der Waals surface area contributed by atoms with Gasteiger partial charge in [0.15, 0.2) is 0 Å². The van der Waals surface area contributed by atoms with Crippen LogP contribution < -0.4 is 5.32 Å². The summed E-state index contributed by atoms with van der Waals surface area (Å²) in [5.74, 6) is 0.130. The van der Waals surface area contributed by atoms with Gasteiger partial charge in [0, 0.05) is 6.54 Å². The lowest BCUT2D eigenvalue weighted by atomic mass is 10.2. The summed E-state index contributed by atoms with van der Waals surface area (Å²) in [5, 5.41) is 2.74. The van der Waals surface area contributed by atoms with E-state index in [2.05, 4.69) is 5.32 Å². The van der Waals surface area contributed by atoms with Crippen LogP contribution in [0.2, 0.25) is 0 Å². The van der Waals surface area contributed by atoms with Crippen molar-refractivity contribution in [2.75, 3.05) is 33.4 Å². The first kappa shape index (κ1) is 14.5. The molecule has 110 valence electrons. The topological polar surface area (TPSA) is 81.0 Å². The molecular weight excluding hydrogens is 264 g/mol. The number of methoxy groups -OCH3 is 1. The van der Waals surface area contributed by atoms with Gasteiger partial charge in [-0.15, -0.1) is 0 Å². The van der Waals surface area contributed by atoms with Gasteiger partial charge in [0.25, 0.3) is 0 Å². The predicted octanol–water partition coefficient (Wildman–Crippen LogP) is -0.230. The summed E-state index contributed by atoms with van der Waals surface area (Å²) in [5.41, 5.74) is 0. The van der Waals surface area contributed by atoms with Gasteiger partial charge in [-0.2, -0.15) is 0 Å². The molecule has 2 rings (SSSR count). The number of morpholine rings is 1. The van der Waals surface area contributed by atoms with Crippen LogP contribution in [0.25, 0.3) is 0 Å². The maximum Gasteiger partial charge on any atom is 0.325 e. The Labute approximate surface area is 116 Å². The average molecular weight is 282 g/mol. The van der Waals surface area contributed by atoms with Gasteiger partial charge in [-0.05, 0) is 12.1 Å². The number of hydrogen-bond donors (Lipinski definition) is 1. The highest BCUT2D eigenvalue weighted by molar-refractivity contribution is 5.80. The van der Waals surface area contributed by atoms with Crippen molar-refractivity contribution in [3.05, 3.63) is 24.2 Å². The fraction of sp³-hybridized carbons (Fsp3) is 0.538. The molecule has 1 N–H and O–H groups in total. The predicted molar refractivity (Wildman–Crippen MR) is 68.8 cm³/mol. The Morgan fingerprint density at radius 3 is 3.10 bits per heavy atom. The van der Waals surface area contributed by atoms with E-state index in [0.29, 0.717) is 25.5 Å². The van der Waals surface area contributed by atoms with Crippen molar-refractivity contribution in [2.24, 2.45) is 0 Å². The normalized spacial score (nSPS) is 19.6. The van der Waals surface area contributed by atoms with Crippen molar-refractivity contribution in [1.29, 1.82) is 0 Å². The number of hydrogen-bond acceptors (Lipinski definition) is 6. The molecule has 2 heterocycles. The van der Waals surface area contributed by atoms with Crippen LogP contribution in [-0.4, -0.2) is 56.2 Å². The molecule has 1 aromatic rings. The molecule has 7 nitrogen and oxygen atoms in total. The molecule has 1 fully saturated rings. The van der Waals surface area contributed by atoms with E-state index in [1.165, 1.54) is 7.11 Å². The molecular formula is C13H18N2O5. The second-order valence-electron chi connectivity index (χ2n) is 4.44. The van der Waals surface area contributed by atoms with Crippen LogP contribution in [0.15, 0.2) is 22.8 Å². The van der Waals surface area contributed by atoms with Gasteiger partial charge < -0.3 is 19.2 Å². The molecule has 0 radical (unpaired) electrons. The maximum absolute atomic E-state index is 11.9. The lowest BCUT2D eigenvalue weighted by Gasteiger charge is -2.32. The van der Waals surface area contributed by atoms with Crippen LogP contribution in [0, 0.1) is 0 Å². The Balaban J connectivity index is 1.83. The van der Waals surface area contributed by atoms with Gasteiger partial charge in [0.1, 0.15) is 11.8 Å². The van der Waals surface area contributed by atoms with Crippen LogP contribution in [0.5, 0.6) is 0 Å². The number of furan rings is 1. The summed E-state index contributed by atoms with van der Waals surface area (Å²) in [6.45, 7) is 1.73. The van der Waals surface area contributed by atoms with E-state index in [1.807, 2.05) is 0 Å². The van der Waals surface area contributed by atoms with Crippen LogP contribution in [-0.2, 0) is 25.6 Å². The average Bonchev–Trinajstić information content (AvgIpc) is 2.98. The maximum atomic E-state index is 11.9. The number of amides is 1. The minimum atomic E-state index is -0.525. The van der Waals surface area contributed by atoms with Crippen molar-refractivity contribution in [3.63, 3.8) is 0 Å². The minimum absolute atomic E-state index is 0.129. The second kappa shape index (κ2) is 7.06. The van der Waals surface area contributed by atoms with Gasteiger partial charge in [-0.3, -0.25) is 14.5 Å². The van der Waals surface area contributed by atoms with Crippen LogP contribution in [0.3, 0.4) is 0 Å². The zero-order valence-corrected chi connectivity index (χ0v) is 11.3. The monoisotopic (exact) mass is 282 g/mol. The quantitative estimate of drug-likeness (QED) is 0.751. The van der Waals surface area contributed by atoms with Gasteiger partial charge in [0.05, 0.1) is 39.7 Å². The summed E-state index contributed by atoms with van der Waals surface area (Å²) >= 11 is 0. The van der Waals surface area contributed by atoms with Crippen molar-refractivity contribution in [1.82, 2.24) is 10.2 Å². The Kier molecular flexibility index (Phi) is 5.14. The molecule has 1 aliphatic rings. The highest BCUT2D eigenvalue weighted by atomic mass is 16.5. The van der Waals surface area contributed by atoms with Crippen molar-refractivity contribution in [3.8, 4) is 0 Å². The summed E-state index contributed by atoms with van der Waals surface area (Å²) in [7, 11) is 1.33. The standard InChI is InChI=1S/C13H18N2O5/c1-18-13(17)11-9-19-6-4-15(11)8-12(16)14-7-10-3-2-5-20-10/h2-3,5,11H,4,6-9H2,1H3,(H,14,16). The van der Waals surface area contributed by atoms with Crippen molar-refractivity contribution >= 4 is 11.9 Å². The van der Waals surface area contributed by atoms with Gasteiger partial charge in [-0.1, -0.05) is 0 Å². The number of rotatable bonds is 5. The van der Waals surface area contributed by atoms with Gasteiger partial charge >= 0.3 is 5.97 Å². The van der Waals surface area contributed by atoms with Crippen LogP contribution in [0.1, 0.15) is 5.76 Å². The highest BCUT2D eigenvalue weighted by Gasteiger charge is 2.31. The molecule has 1 atom stereocenters. The summed E-state index contributed by atoms with van der Waals surface area (Å²) < 4.78 is 15.1. The molecule has 7 heteroatoms. The number of carbonyl (C=O) groups is 2. The molecule has 0 saturated carbocycles. The fourth-order valence-corrected chi connectivity index (χ4v) is 2.02. The first-order chi connectivity index (χ1) is 9.70. The molecule has 0 aromatic carbocycles. The van der Waals surface area contributed by atoms with Crippen LogP contribution in [0.4, 0.5) is 0 Å². The minimum Gasteiger partial charge on any atom is -0.468 e. The Bertz CT molecular complexity index is 446. The third kappa shape index (κ3) is 3.82. The molecule has 1 saturated heterocycles. The SMILES string of the molecule is COC(=O)C1COCCN1CC(=O)NCc1ccco1. The zero-order valence-electron chi connectivity index (χ0n) is 11.3. The van der Waals surface area contributed by atoms with E-state index in [1.54, 1.807) is 23.3 Å². The summed E-state index contributed by atoms with van der Waals surface area (Å²) in [6.07, 6.45) is 1.55.